The van der Waals surface area contributed by atoms with Crippen molar-refractivity contribution in [3.05, 3.63) is 35.1 Å². The fourth-order valence-corrected chi connectivity index (χ4v) is 2.88. The van der Waals surface area contributed by atoms with Crippen LogP contribution in [0.25, 0.3) is 0 Å². The second-order valence-electron chi connectivity index (χ2n) is 7.22. The van der Waals surface area contributed by atoms with E-state index in [0.29, 0.717) is 18.5 Å². The van der Waals surface area contributed by atoms with Gasteiger partial charge in [-0.2, -0.15) is 13.2 Å². The molecular formula is C17H22F4N2O2. The number of rotatable bonds is 1. The lowest BCUT2D eigenvalue weighted by Gasteiger charge is -2.37. The summed E-state index contributed by atoms with van der Waals surface area (Å²) in [5, 5.41) is 0. The van der Waals surface area contributed by atoms with Crippen molar-refractivity contribution in [1.82, 2.24) is 4.90 Å². The lowest BCUT2D eigenvalue weighted by Crippen LogP contribution is -2.50. The molecule has 0 aromatic heterocycles. The Morgan fingerprint density at radius 2 is 1.92 bits per heavy atom. The van der Waals surface area contributed by atoms with Gasteiger partial charge in [0.25, 0.3) is 0 Å². The molecular weight excluding hydrogens is 340 g/mol. The second-order valence-corrected chi connectivity index (χ2v) is 7.22. The van der Waals surface area contributed by atoms with Gasteiger partial charge < -0.3 is 15.4 Å². The number of alkyl halides is 3. The number of carbonyl (C=O) groups is 1. The van der Waals surface area contributed by atoms with Gasteiger partial charge in [0.2, 0.25) is 0 Å². The third kappa shape index (κ3) is 4.84. The average molecular weight is 362 g/mol. The Morgan fingerprint density at radius 3 is 2.44 bits per heavy atom. The minimum absolute atomic E-state index is 0.165. The van der Waals surface area contributed by atoms with Crippen LogP contribution in [0.2, 0.25) is 0 Å². The number of benzene rings is 1. The van der Waals surface area contributed by atoms with E-state index in [9.17, 15) is 22.4 Å². The zero-order valence-corrected chi connectivity index (χ0v) is 14.4. The largest absolute Gasteiger partial charge is 0.444 e. The number of nitrogens with zero attached hydrogens (tertiary/aromatic N) is 1. The van der Waals surface area contributed by atoms with Gasteiger partial charge in [-0.25, -0.2) is 9.18 Å². The Morgan fingerprint density at radius 1 is 1.28 bits per heavy atom. The number of hydrogen-bond acceptors (Lipinski definition) is 3. The fourth-order valence-electron chi connectivity index (χ4n) is 2.88. The third-order valence-electron chi connectivity index (χ3n) is 4.03. The Kier molecular flexibility index (Phi) is 5.32. The van der Waals surface area contributed by atoms with Crippen LogP contribution in [0.4, 0.5) is 22.4 Å². The molecule has 4 nitrogen and oxygen atoms in total. The van der Waals surface area contributed by atoms with Crippen molar-refractivity contribution < 1.29 is 27.1 Å². The summed E-state index contributed by atoms with van der Waals surface area (Å²) in [4.78, 5) is 13.5. The van der Waals surface area contributed by atoms with Crippen LogP contribution in [0.1, 0.15) is 44.2 Å². The molecule has 140 valence electrons. The molecule has 2 atom stereocenters. The van der Waals surface area contributed by atoms with E-state index >= 15 is 0 Å². The van der Waals surface area contributed by atoms with Gasteiger partial charge in [0, 0.05) is 25.0 Å². The molecule has 1 aliphatic rings. The quantitative estimate of drug-likeness (QED) is 0.771. The molecule has 1 aromatic carbocycles. The van der Waals surface area contributed by atoms with Crippen LogP contribution in [-0.2, 0) is 10.9 Å². The summed E-state index contributed by atoms with van der Waals surface area (Å²) in [5.74, 6) is -1.70. The number of amides is 1. The normalized spacial score (nSPS) is 22.0. The Hall–Kier alpha value is -1.83. The number of halogens is 4. The molecule has 1 fully saturated rings. The third-order valence-corrected chi connectivity index (χ3v) is 4.03. The number of likely N-dealkylation sites (tertiary alicyclic amines) is 1. The summed E-state index contributed by atoms with van der Waals surface area (Å²) >= 11 is 0. The first kappa shape index (κ1) is 19.5. The molecule has 1 heterocycles. The zero-order valence-electron chi connectivity index (χ0n) is 14.4. The summed E-state index contributed by atoms with van der Waals surface area (Å²) in [6, 6.07) is 2.37. The highest BCUT2D eigenvalue weighted by Crippen LogP contribution is 2.35. The van der Waals surface area contributed by atoms with Gasteiger partial charge in [-0.1, -0.05) is 6.07 Å². The van der Waals surface area contributed by atoms with E-state index in [4.69, 9.17) is 10.5 Å². The SMILES string of the molecule is CC(C)(C)OC(=O)N1CC[C@H](c2ccc(F)c(C(F)(F)F)c2)[C@@H](N)C1. The molecule has 1 amide bonds. The van der Waals surface area contributed by atoms with Crippen molar-refractivity contribution in [3.63, 3.8) is 0 Å². The van der Waals surface area contributed by atoms with Crippen molar-refractivity contribution in [3.8, 4) is 0 Å². The topological polar surface area (TPSA) is 55.6 Å². The first-order valence-electron chi connectivity index (χ1n) is 7.98. The Bertz CT molecular complexity index is 641. The zero-order chi connectivity index (χ0) is 19.0. The highest BCUT2D eigenvalue weighted by atomic mass is 19.4. The van der Waals surface area contributed by atoms with E-state index in [1.54, 1.807) is 20.8 Å². The van der Waals surface area contributed by atoms with Crippen LogP contribution in [-0.4, -0.2) is 35.7 Å². The molecule has 0 saturated carbocycles. The summed E-state index contributed by atoms with van der Waals surface area (Å²) < 4.78 is 57.3. The summed E-state index contributed by atoms with van der Waals surface area (Å²) in [6.07, 6.45) is -4.89. The van der Waals surface area contributed by atoms with E-state index in [-0.39, 0.29) is 12.5 Å². The molecule has 1 saturated heterocycles. The lowest BCUT2D eigenvalue weighted by atomic mass is 9.85. The molecule has 0 unspecified atom stereocenters. The van der Waals surface area contributed by atoms with Gasteiger partial charge in [-0.05, 0) is 44.9 Å². The molecule has 2 rings (SSSR count). The highest BCUT2D eigenvalue weighted by molar-refractivity contribution is 5.68. The summed E-state index contributed by atoms with van der Waals surface area (Å²) in [7, 11) is 0. The lowest BCUT2D eigenvalue weighted by molar-refractivity contribution is -0.140. The van der Waals surface area contributed by atoms with E-state index in [1.165, 1.54) is 11.0 Å². The fraction of sp³-hybridized carbons (Fsp3) is 0.588. The van der Waals surface area contributed by atoms with E-state index in [2.05, 4.69) is 0 Å². The summed E-state index contributed by atoms with van der Waals surface area (Å²) in [6.45, 7) is 5.71. The second kappa shape index (κ2) is 6.82. The molecule has 0 bridgehead atoms. The van der Waals surface area contributed by atoms with Gasteiger partial charge in [-0.3, -0.25) is 0 Å². The predicted octanol–water partition coefficient (Wildman–Crippen LogP) is 3.90. The van der Waals surface area contributed by atoms with Crippen molar-refractivity contribution in [2.45, 2.75) is 50.9 Å². The molecule has 0 radical (unpaired) electrons. The van der Waals surface area contributed by atoms with Gasteiger partial charge in [-0.15, -0.1) is 0 Å². The number of nitrogens with two attached hydrogens (primary N) is 1. The van der Waals surface area contributed by atoms with Gasteiger partial charge in [0.05, 0.1) is 5.56 Å². The molecule has 2 N–H and O–H groups in total. The van der Waals surface area contributed by atoms with Crippen LogP contribution in [0.5, 0.6) is 0 Å². The van der Waals surface area contributed by atoms with Gasteiger partial charge in [0.15, 0.2) is 0 Å². The van der Waals surface area contributed by atoms with Crippen molar-refractivity contribution in [2.75, 3.05) is 13.1 Å². The first-order chi connectivity index (χ1) is 11.4. The van der Waals surface area contributed by atoms with Crippen LogP contribution < -0.4 is 5.73 Å². The van der Waals surface area contributed by atoms with Crippen LogP contribution in [0.3, 0.4) is 0 Å². The van der Waals surface area contributed by atoms with Crippen LogP contribution in [0.15, 0.2) is 18.2 Å². The van der Waals surface area contributed by atoms with Crippen molar-refractivity contribution >= 4 is 6.09 Å². The Labute approximate surface area is 143 Å². The maximum absolute atomic E-state index is 13.4. The van der Waals surface area contributed by atoms with E-state index in [0.717, 1.165) is 12.1 Å². The molecule has 1 aliphatic heterocycles. The molecule has 1 aromatic rings. The first-order valence-corrected chi connectivity index (χ1v) is 7.98. The predicted molar refractivity (Wildman–Crippen MR) is 84.5 cm³/mol. The highest BCUT2D eigenvalue weighted by Gasteiger charge is 2.37. The van der Waals surface area contributed by atoms with Crippen LogP contribution >= 0.6 is 0 Å². The molecule has 0 spiro atoms. The molecule has 8 heteroatoms. The maximum atomic E-state index is 13.4. The minimum atomic E-state index is -4.76. The van der Waals surface area contributed by atoms with Crippen molar-refractivity contribution in [1.29, 1.82) is 0 Å². The number of ether oxygens (including phenoxy) is 1. The maximum Gasteiger partial charge on any atom is 0.419 e. The van der Waals surface area contributed by atoms with Crippen LogP contribution in [0, 0.1) is 5.82 Å². The minimum Gasteiger partial charge on any atom is -0.444 e. The molecule has 0 aliphatic carbocycles. The smallest absolute Gasteiger partial charge is 0.419 e. The summed E-state index contributed by atoms with van der Waals surface area (Å²) in [5.41, 5.74) is 4.46. The number of carbonyl (C=O) groups excluding carboxylic acids is 1. The standard InChI is InChI=1S/C17H22F4N2O2/c1-16(2,3)25-15(24)23-7-6-11(14(22)9-23)10-4-5-13(18)12(8-10)17(19,20)21/h4-5,8,11,14H,6-7,9,22H2,1-3H3/t11-,14+/m1/s1. The van der Waals surface area contributed by atoms with E-state index < -0.39 is 35.3 Å². The van der Waals surface area contributed by atoms with E-state index in [1.807, 2.05) is 0 Å². The number of piperidine rings is 1. The average Bonchev–Trinajstić information content (AvgIpc) is 2.45. The number of hydrogen-bond donors (Lipinski definition) is 1. The van der Waals surface area contributed by atoms with Gasteiger partial charge in [0.1, 0.15) is 11.4 Å². The molecule has 25 heavy (non-hydrogen) atoms. The van der Waals surface area contributed by atoms with Gasteiger partial charge >= 0.3 is 12.3 Å². The monoisotopic (exact) mass is 362 g/mol. The Balaban J connectivity index is 2.13. The van der Waals surface area contributed by atoms with Crippen molar-refractivity contribution in [2.24, 2.45) is 5.73 Å².